The summed E-state index contributed by atoms with van der Waals surface area (Å²) < 4.78 is 11.3. The molecule has 1 heterocycles. The van der Waals surface area contributed by atoms with E-state index in [0.29, 0.717) is 6.54 Å². The van der Waals surface area contributed by atoms with Gasteiger partial charge in [0.25, 0.3) is 0 Å². The van der Waals surface area contributed by atoms with E-state index >= 15 is 0 Å². The van der Waals surface area contributed by atoms with Crippen molar-refractivity contribution in [3.05, 3.63) is 36.4 Å². The molecule has 0 radical (unpaired) electrons. The molecule has 0 saturated heterocycles. The van der Waals surface area contributed by atoms with Crippen LogP contribution < -0.4 is 14.8 Å². The number of carbonyl (C=O) groups is 1. The molecule has 0 spiro atoms. The van der Waals surface area contributed by atoms with Crippen LogP contribution in [0.15, 0.2) is 30.9 Å². The van der Waals surface area contributed by atoms with Crippen LogP contribution in [0, 0.1) is 0 Å². The molecular formula is C14H17NO3. The maximum atomic E-state index is 11.0. The third-order valence-electron chi connectivity index (χ3n) is 2.62. The second kappa shape index (κ2) is 4.72. The quantitative estimate of drug-likeness (QED) is 0.828. The fourth-order valence-corrected chi connectivity index (χ4v) is 1.82. The molecule has 0 atom stereocenters. The summed E-state index contributed by atoms with van der Waals surface area (Å²) in [5.74, 6) is 0.765. The van der Waals surface area contributed by atoms with Gasteiger partial charge in [-0.3, -0.25) is 4.79 Å². The number of nitrogens with one attached hydrogen (secondary N) is 1. The molecule has 4 heteroatoms. The van der Waals surface area contributed by atoms with Crippen molar-refractivity contribution in [3.63, 3.8) is 0 Å². The maximum absolute atomic E-state index is 11.0. The van der Waals surface area contributed by atoms with Gasteiger partial charge >= 0.3 is 0 Å². The smallest absolute Gasteiger partial charge is 0.246 e. The Labute approximate surface area is 107 Å². The number of hydrogen-bond acceptors (Lipinski definition) is 3. The average Bonchev–Trinajstić information content (AvgIpc) is 2.62. The molecule has 1 aromatic carbocycles. The molecule has 1 amide bonds. The van der Waals surface area contributed by atoms with Crippen LogP contribution in [-0.4, -0.2) is 18.2 Å². The van der Waals surface area contributed by atoms with Crippen LogP contribution >= 0.6 is 0 Å². The van der Waals surface area contributed by atoms with Crippen molar-refractivity contribution >= 4 is 5.91 Å². The lowest BCUT2D eigenvalue weighted by atomic mass is 10.1. The molecule has 18 heavy (non-hydrogen) atoms. The summed E-state index contributed by atoms with van der Waals surface area (Å²) in [6.07, 6.45) is 2.01. The fourth-order valence-electron chi connectivity index (χ4n) is 1.82. The normalized spacial score (nSPS) is 15.2. The highest BCUT2D eigenvalue weighted by atomic mass is 16.7. The van der Waals surface area contributed by atoms with Gasteiger partial charge in [0.1, 0.15) is 0 Å². The standard InChI is InChI=1S/C14H17NO3/c1-4-13(16)15-8-7-10-5-6-11-12(9-10)18-14(2,3)17-11/h4-6,9H,1,7-8H2,2-3H3,(H,15,16). The van der Waals surface area contributed by atoms with E-state index in [1.54, 1.807) is 0 Å². The summed E-state index contributed by atoms with van der Waals surface area (Å²) in [7, 11) is 0. The Balaban J connectivity index is 1.97. The first-order chi connectivity index (χ1) is 8.50. The number of ether oxygens (including phenoxy) is 2. The molecular weight excluding hydrogens is 230 g/mol. The molecule has 0 bridgehead atoms. The highest BCUT2D eigenvalue weighted by molar-refractivity contribution is 5.86. The Kier molecular flexibility index (Phi) is 3.28. The van der Waals surface area contributed by atoms with Crippen molar-refractivity contribution in [2.75, 3.05) is 6.54 Å². The Bertz CT molecular complexity index is 480. The first-order valence-electron chi connectivity index (χ1n) is 5.91. The second-order valence-electron chi connectivity index (χ2n) is 4.63. The average molecular weight is 247 g/mol. The SMILES string of the molecule is C=CC(=O)NCCc1ccc2c(c1)OC(C)(C)O2. The summed E-state index contributed by atoms with van der Waals surface area (Å²) in [5.41, 5.74) is 1.10. The van der Waals surface area contributed by atoms with Gasteiger partial charge in [-0.2, -0.15) is 0 Å². The van der Waals surface area contributed by atoms with Crippen LogP contribution in [0.2, 0.25) is 0 Å². The number of rotatable bonds is 4. The van der Waals surface area contributed by atoms with E-state index in [4.69, 9.17) is 9.47 Å². The van der Waals surface area contributed by atoms with E-state index < -0.39 is 5.79 Å². The topological polar surface area (TPSA) is 47.6 Å². The summed E-state index contributed by atoms with van der Waals surface area (Å²) in [6, 6.07) is 5.82. The highest BCUT2D eigenvalue weighted by Crippen LogP contribution is 2.39. The van der Waals surface area contributed by atoms with Crippen molar-refractivity contribution < 1.29 is 14.3 Å². The zero-order valence-electron chi connectivity index (χ0n) is 10.7. The first kappa shape index (κ1) is 12.5. The molecule has 0 aliphatic carbocycles. The first-order valence-corrected chi connectivity index (χ1v) is 5.91. The molecule has 2 rings (SSSR count). The summed E-state index contributed by atoms with van der Waals surface area (Å²) in [4.78, 5) is 11.0. The Morgan fingerprint density at radius 2 is 2.11 bits per heavy atom. The van der Waals surface area contributed by atoms with E-state index in [1.807, 2.05) is 32.0 Å². The molecule has 1 aromatic rings. The number of carbonyl (C=O) groups excluding carboxylic acids is 1. The largest absolute Gasteiger partial charge is 0.449 e. The number of benzene rings is 1. The van der Waals surface area contributed by atoms with E-state index in [1.165, 1.54) is 6.08 Å². The Hall–Kier alpha value is -1.97. The minimum Gasteiger partial charge on any atom is -0.449 e. The van der Waals surface area contributed by atoms with Gasteiger partial charge in [-0.1, -0.05) is 12.6 Å². The predicted molar refractivity (Wildman–Crippen MR) is 68.7 cm³/mol. The molecule has 0 unspecified atom stereocenters. The minimum atomic E-state index is -0.599. The van der Waals surface area contributed by atoms with E-state index in [-0.39, 0.29) is 5.91 Å². The van der Waals surface area contributed by atoms with Crippen LogP contribution in [0.25, 0.3) is 0 Å². The Morgan fingerprint density at radius 1 is 1.39 bits per heavy atom. The van der Waals surface area contributed by atoms with Crippen molar-refractivity contribution in [1.29, 1.82) is 0 Å². The van der Waals surface area contributed by atoms with Gasteiger partial charge in [-0.05, 0) is 30.2 Å². The van der Waals surface area contributed by atoms with Crippen LogP contribution in [0.4, 0.5) is 0 Å². The number of fused-ring (bicyclic) bond motifs is 1. The molecule has 1 aliphatic rings. The van der Waals surface area contributed by atoms with E-state index in [9.17, 15) is 4.79 Å². The lowest BCUT2D eigenvalue weighted by Crippen LogP contribution is -2.29. The molecule has 0 aromatic heterocycles. The number of hydrogen-bond donors (Lipinski definition) is 1. The third kappa shape index (κ3) is 2.83. The second-order valence-corrected chi connectivity index (χ2v) is 4.63. The molecule has 1 N–H and O–H groups in total. The van der Waals surface area contributed by atoms with Crippen molar-refractivity contribution in [1.82, 2.24) is 5.32 Å². The molecule has 0 fully saturated rings. The van der Waals surface area contributed by atoms with Gasteiger partial charge in [-0.25, -0.2) is 0 Å². The lowest BCUT2D eigenvalue weighted by Gasteiger charge is -2.16. The van der Waals surface area contributed by atoms with Crippen molar-refractivity contribution in [3.8, 4) is 11.5 Å². The van der Waals surface area contributed by atoms with Gasteiger partial charge in [0.05, 0.1) is 0 Å². The zero-order chi connectivity index (χ0) is 13.2. The minimum absolute atomic E-state index is 0.156. The van der Waals surface area contributed by atoms with E-state index in [0.717, 1.165) is 23.5 Å². The van der Waals surface area contributed by atoms with Gasteiger partial charge in [0.15, 0.2) is 11.5 Å². The van der Waals surface area contributed by atoms with Crippen molar-refractivity contribution in [2.45, 2.75) is 26.1 Å². The fraction of sp³-hybridized carbons (Fsp3) is 0.357. The van der Waals surface area contributed by atoms with Gasteiger partial charge in [0, 0.05) is 20.4 Å². The van der Waals surface area contributed by atoms with Crippen LogP contribution in [0.3, 0.4) is 0 Å². The molecule has 0 saturated carbocycles. The Morgan fingerprint density at radius 3 is 2.83 bits per heavy atom. The highest BCUT2D eigenvalue weighted by Gasteiger charge is 2.31. The molecule has 96 valence electrons. The van der Waals surface area contributed by atoms with Crippen LogP contribution in [0.5, 0.6) is 11.5 Å². The predicted octanol–water partition coefficient (Wildman–Crippen LogP) is 2.04. The maximum Gasteiger partial charge on any atom is 0.246 e. The van der Waals surface area contributed by atoms with Crippen molar-refractivity contribution in [2.24, 2.45) is 0 Å². The molecule has 1 aliphatic heterocycles. The zero-order valence-corrected chi connectivity index (χ0v) is 10.7. The summed E-state index contributed by atoms with van der Waals surface area (Å²) in [5, 5.41) is 2.74. The summed E-state index contributed by atoms with van der Waals surface area (Å²) in [6.45, 7) is 7.72. The monoisotopic (exact) mass is 247 g/mol. The molecule has 4 nitrogen and oxygen atoms in total. The van der Waals surface area contributed by atoms with Gasteiger partial charge in [0.2, 0.25) is 11.7 Å². The summed E-state index contributed by atoms with van der Waals surface area (Å²) >= 11 is 0. The van der Waals surface area contributed by atoms with Crippen LogP contribution in [-0.2, 0) is 11.2 Å². The van der Waals surface area contributed by atoms with Gasteiger partial charge in [-0.15, -0.1) is 0 Å². The van der Waals surface area contributed by atoms with Gasteiger partial charge < -0.3 is 14.8 Å². The lowest BCUT2D eigenvalue weighted by molar-refractivity contribution is -0.116. The third-order valence-corrected chi connectivity index (χ3v) is 2.62. The van der Waals surface area contributed by atoms with Crippen LogP contribution in [0.1, 0.15) is 19.4 Å². The number of amides is 1. The van der Waals surface area contributed by atoms with E-state index in [2.05, 4.69) is 11.9 Å².